The van der Waals surface area contributed by atoms with Crippen LogP contribution in [0, 0.1) is 0 Å². The number of nitrogens with zero attached hydrogens (tertiary/aromatic N) is 1. The zero-order valence-electron chi connectivity index (χ0n) is 10.8. The van der Waals surface area contributed by atoms with Crippen molar-refractivity contribution in [2.45, 2.75) is 31.9 Å². The number of ether oxygens (including phenoxy) is 1. The fraction of sp³-hybridized carbons (Fsp3) is 0.615. The lowest BCUT2D eigenvalue weighted by atomic mass is 9.94. The molecule has 1 aromatic heterocycles. The largest absolute Gasteiger partial charge is 0.463 e. The van der Waals surface area contributed by atoms with Gasteiger partial charge in [0.1, 0.15) is 5.76 Å². The third kappa shape index (κ3) is 3.11. The van der Waals surface area contributed by atoms with Crippen molar-refractivity contribution in [3.8, 4) is 0 Å². The maximum atomic E-state index is 11.2. The second kappa shape index (κ2) is 5.12. The lowest BCUT2D eigenvalue weighted by Crippen LogP contribution is -2.41. The SMILES string of the molecule is COC(=O)c1ccc(CN2CCC(C)(O)CC2)o1. The summed E-state index contributed by atoms with van der Waals surface area (Å²) in [5, 5.41) is 9.86. The van der Waals surface area contributed by atoms with E-state index in [2.05, 4.69) is 9.64 Å². The van der Waals surface area contributed by atoms with Crippen LogP contribution in [0.3, 0.4) is 0 Å². The quantitative estimate of drug-likeness (QED) is 0.825. The number of piperidine rings is 1. The van der Waals surface area contributed by atoms with Gasteiger partial charge in [0, 0.05) is 13.1 Å². The lowest BCUT2D eigenvalue weighted by molar-refractivity contribution is -0.00877. The average molecular weight is 253 g/mol. The Morgan fingerprint density at radius 2 is 2.17 bits per heavy atom. The molecule has 0 amide bonds. The molecule has 1 saturated heterocycles. The third-order valence-electron chi connectivity index (χ3n) is 3.36. The summed E-state index contributed by atoms with van der Waals surface area (Å²) in [7, 11) is 1.33. The van der Waals surface area contributed by atoms with Crippen LogP contribution in [-0.4, -0.2) is 41.8 Å². The van der Waals surface area contributed by atoms with E-state index in [9.17, 15) is 9.90 Å². The van der Waals surface area contributed by atoms with Gasteiger partial charge in [0.25, 0.3) is 0 Å². The minimum atomic E-state index is -0.545. The predicted molar refractivity (Wildman–Crippen MR) is 65.2 cm³/mol. The Hall–Kier alpha value is -1.33. The van der Waals surface area contributed by atoms with Crippen LogP contribution in [0.4, 0.5) is 0 Å². The van der Waals surface area contributed by atoms with E-state index < -0.39 is 11.6 Å². The van der Waals surface area contributed by atoms with Gasteiger partial charge >= 0.3 is 5.97 Å². The molecule has 5 nitrogen and oxygen atoms in total. The van der Waals surface area contributed by atoms with Gasteiger partial charge in [-0.2, -0.15) is 0 Å². The van der Waals surface area contributed by atoms with E-state index in [1.165, 1.54) is 7.11 Å². The van der Waals surface area contributed by atoms with Gasteiger partial charge in [0.15, 0.2) is 0 Å². The monoisotopic (exact) mass is 253 g/mol. The van der Waals surface area contributed by atoms with E-state index in [0.717, 1.165) is 31.7 Å². The number of carbonyl (C=O) groups is 1. The fourth-order valence-electron chi connectivity index (χ4n) is 2.09. The number of rotatable bonds is 3. The van der Waals surface area contributed by atoms with Crippen molar-refractivity contribution in [2.75, 3.05) is 20.2 Å². The minimum Gasteiger partial charge on any atom is -0.463 e. The Balaban J connectivity index is 1.90. The second-order valence-electron chi connectivity index (χ2n) is 5.03. The molecule has 0 spiro atoms. The lowest BCUT2D eigenvalue weighted by Gasteiger charge is -2.35. The molecular formula is C13H19NO4. The van der Waals surface area contributed by atoms with Gasteiger partial charge in [-0.25, -0.2) is 4.79 Å². The van der Waals surface area contributed by atoms with Crippen molar-refractivity contribution in [3.05, 3.63) is 23.7 Å². The number of esters is 1. The van der Waals surface area contributed by atoms with Crippen LogP contribution >= 0.6 is 0 Å². The van der Waals surface area contributed by atoms with E-state index >= 15 is 0 Å². The molecule has 0 bridgehead atoms. The third-order valence-corrected chi connectivity index (χ3v) is 3.36. The first-order chi connectivity index (χ1) is 8.50. The Morgan fingerprint density at radius 1 is 1.50 bits per heavy atom. The fourth-order valence-corrected chi connectivity index (χ4v) is 2.09. The smallest absolute Gasteiger partial charge is 0.373 e. The number of hydrogen-bond donors (Lipinski definition) is 1. The number of aliphatic hydroxyl groups is 1. The number of likely N-dealkylation sites (tertiary alicyclic amines) is 1. The predicted octanol–water partition coefficient (Wildman–Crippen LogP) is 1.41. The van der Waals surface area contributed by atoms with E-state index in [1.807, 2.05) is 6.92 Å². The molecule has 1 N–H and O–H groups in total. The van der Waals surface area contributed by atoms with Crippen molar-refractivity contribution < 1.29 is 19.1 Å². The Labute approximate surface area is 106 Å². The summed E-state index contributed by atoms with van der Waals surface area (Å²) in [6.45, 7) is 4.20. The highest BCUT2D eigenvalue weighted by Gasteiger charge is 2.27. The van der Waals surface area contributed by atoms with E-state index in [4.69, 9.17) is 4.42 Å². The first-order valence-electron chi connectivity index (χ1n) is 6.12. The van der Waals surface area contributed by atoms with Gasteiger partial charge in [0.05, 0.1) is 19.3 Å². The number of methoxy groups -OCH3 is 1. The minimum absolute atomic E-state index is 0.233. The van der Waals surface area contributed by atoms with Gasteiger partial charge in [-0.3, -0.25) is 4.90 Å². The zero-order valence-corrected chi connectivity index (χ0v) is 10.8. The van der Waals surface area contributed by atoms with Crippen LogP contribution < -0.4 is 0 Å². The molecule has 5 heteroatoms. The topological polar surface area (TPSA) is 62.9 Å². The summed E-state index contributed by atoms with van der Waals surface area (Å²) in [6.07, 6.45) is 1.52. The van der Waals surface area contributed by atoms with Crippen molar-refractivity contribution in [3.63, 3.8) is 0 Å². The molecule has 1 fully saturated rings. The highest BCUT2D eigenvalue weighted by Crippen LogP contribution is 2.22. The van der Waals surface area contributed by atoms with Crippen LogP contribution in [0.25, 0.3) is 0 Å². The highest BCUT2D eigenvalue weighted by molar-refractivity contribution is 5.86. The van der Waals surface area contributed by atoms with E-state index in [-0.39, 0.29) is 5.76 Å². The highest BCUT2D eigenvalue weighted by atomic mass is 16.5. The number of furan rings is 1. The summed E-state index contributed by atoms with van der Waals surface area (Å²) >= 11 is 0. The summed E-state index contributed by atoms with van der Waals surface area (Å²) in [4.78, 5) is 13.4. The summed E-state index contributed by atoms with van der Waals surface area (Å²) < 4.78 is 10.00. The second-order valence-corrected chi connectivity index (χ2v) is 5.03. The summed E-state index contributed by atoms with van der Waals surface area (Å²) in [5.41, 5.74) is -0.545. The molecule has 100 valence electrons. The van der Waals surface area contributed by atoms with Crippen molar-refractivity contribution >= 4 is 5.97 Å². The number of carbonyl (C=O) groups excluding carboxylic acids is 1. The Kier molecular flexibility index (Phi) is 3.73. The maximum absolute atomic E-state index is 11.2. The van der Waals surface area contributed by atoms with E-state index in [0.29, 0.717) is 6.54 Å². The average Bonchev–Trinajstić information content (AvgIpc) is 2.79. The Morgan fingerprint density at radius 3 is 2.78 bits per heavy atom. The Bertz CT molecular complexity index is 414. The molecule has 2 heterocycles. The summed E-state index contributed by atoms with van der Waals surface area (Å²) in [5.74, 6) is 0.524. The molecular weight excluding hydrogens is 234 g/mol. The van der Waals surface area contributed by atoms with Crippen LogP contribution in [0.1, 0.15) is 36.1 Å². The zero-order chi connectivity index (χ0) is 13.2. The molecule has 0 atom stereocenters. The molecule has 0 unspecified atom stereocenters. The molecule has 0 aliphatic carbocycles. The molecule has 0 aromatic carbocycles. The van der Waals surface area contributed by atoms with Crippen LogP contribution in [0.5, 0.6) is 0 Å². The van der Waals surface area contributed by atoms with Gasteiger partial charge in [0.2, 0.25) is 5.76 Å². The first kappa shape index (κ1) is 13.1. The van der Waals surface area contributed by atoms with Gasteiger partial charge < -0.3 is 14.3 Å². The van der Waals surface area contributed by atoms with Crippen LogP contribution in [-0.2, 0) is 11.3 Å². The number of hydrogen-bond acceptors (Lipinski definition) is 5. The van der Waals surface area contributed by atoms with Gasteiger partial charge in [-0.15, -0.1) is 0 Å². The molecule has 1 aromatic rings. The molecule has 0 radical (unpaired) electrons. The first-order valence-corrected chi connectivity index (χ1v) is 6.12. The van der Waals surface area contributed by atoms with Crippen molar-refractivity contribution in [2.24, 2.45) is 0 Å². The van der Waals surface area contributed by atoms with Gasteiger partial charge in [-0.05, 0) is 31.9 Å². The van der Waals surface area contributed by atoms with E-state index in [1.54, 1.807) is 12.1 Å². The maximum Gasteiger partial charge on any atom is 0.373 e. The van der Waals surface area contributed by atoms with Crippen molar-refractivity contribution in [1.82, 2.24) is 4.90 Å². The van der Waals surface area contributed by atoms with Crippen molar-refractivity contribution in [1.29, 1.82) is 0 Å². The van der Waals surface area contributed by atoms with Crippen LogP contribution in [0.15, 0.2) is 16.5 Å². The standard InChI is InChI=1S/C13H19NO4/c1-13(16)5-7-14(8-6-13)9-10-3-4-11(18-10)12(15)17-2/h3-4,16H,5-9H2,1-2H3. The molecule has 18 heavy (non-hydrogen) atoms. The summed E-state index contributed by atoms with van der Waals surface area (Å²) in [6, 6.07) is 3.42. The molecule has 0 saturated carbocycles. The normalized spacial score (nSPS) is 19.7. The van der Waals surface area contributed by atoms with Crippen LogP contribution in [0.2, 0.25) is 0 Å². The molecule has 2 rings (SSSR count). The molecule has 1 aliphatic heterocycles. The molecule has 1 aliphatic rings. The van der Waals surface area contributed by atoms with Gasteiger partial charge in [-0.1, -0.05) is 0 Å².